The highest BCUT2D eigenvalue weighted by atomic mass is 16.5. The first-order valence-corrected chi connectivity index (χ1v) is 6.40. The predicted molar refractivity (Wildman–Crippen MR) is 66.0 cm³/mol. The molecule has 3 heterocycles. The molecule has 18 heavy (non-hydrogen) atoms. The van der Waals surface area contributed by atoms with Crippen LogP contribution in [0, 0.1) is 12.8 Å². The highest BCUT2D eigenvalue weighted by Crippen LogP contribution is 2.23. The molecule has 0 aromatic carbocycles. The van der Waals surface area contributed by atoms with Gasteiger partial charge in [0.25, 0.3) is 5.89 Å². The van der Waals surface area contributed by atoms with Gasteiger partial charge >= 0.3 is 0 Å². The molecular weight excluding hydrogens is 230 g/mol. The molecule has 2 aromatic rings. The number of nitrogens with one attached hydrogen (secondary N) is 1. The van der Waals surface area contributed by atoms with Crippen LogP contribution in [-0.2, 0) is 6.42 Å². The van der Waals surface area contributed by atoms with E-state index in [1.807, 2.05) is 13.0 Å². The van der Waals surface area contributed by atoms with Crippen LogP contribution in [0.2, 0.25) is 0 Å². The maximum atomic E-state index is 5.35. The molecule has 1 N–H and O–H groups in total. The minimum atomic E-state index is 0.483. The Morgan fingerprint density at radius 3 is 3.17 bits per heavy atom. The molecule has 0 aliphatic carbocycles. The maximum absolute atomic E-state index is 5.35. The summed E-state index contributed by atoms with van der Waals surface area (Å²) in [5.74, 6) is 2.54. The number of furan rings is 1. The lowest BCUT2D eigenvalue weighted by Crippen LogP contribution is -2.31. The maximum Gasteiger partial charge on any atom is 0.293 e. The van der Waals surface area contributed by atoms with Crippen molar-refractivity contribution in [1.82, 2.24) is 15.5 Å². The molecule has 0 amide bonds. The van der Waals surface area contributed by atoms with Crippen LogP contribution in [0.4, 0.5) is 0 Å². The first kappa shape index (κ1) is 11.5. The fourth-order valence-corrected chi connectivity index (χ4v) is 2.38. The molecule has 5 nitrogen and oxygen atoms in total. The van der Waals surface area contributed by atoms with Crippen LogP contribution in [-0.4, -0.2) is 23.2 Å². The number of hydrogen-bond acceptors (Lipinski definition) is 5. The molecule has 96 valence electrons. The zero-order chi connectivity index (χ0) is 12.4. The van der Waals surface area contributed by atoms with Crippen molar-refractivity contribution in [2.24, 2.45) is 5.92 Å². The van der Waals surface area contributed by atoms with Crippen LogP contribution in [0.5, 0.6) is 0 Å². The van der Waals surface area contributed by atoms with Gasteiger partial charge in [0.15, 0.2) is 11.6 Å². The van der Waals surface area contributed by atoms with Gasteiger partial charge in [-0.2, -0.15) is 4.98 Å². The molecule has 0 bridgehead atoms. The second kappa shape index (κ2) is 4.94. The Labute approximate surface area is 106 Å². The van der Waals surface area contributed by atoms with E-state index >= 15 is 0 Å². The number of aryl methyl sites for hydroxylation is 1. The second-order valence-corrected chi connectivity index (χ2v) is 4.86. The SMILES string of the molecule is Cc1ccoc1-c1nc(CC2CCCNC2)no1. The molecule has 0 radical (unpaired) electrons. The second-order valence-electron chi connectivity index (χ2n) is 4.86. The molecular formula is C13H17N3O2. The predicted octanol–water partition coefficient (Wildman–Crippen LogP) is 2.18. The summed E-state index contributed by atoms with van der Waals surface area (Å²) in [6.07, 6.45) is 4.97. The van der Waals surface area contributed by atoms with Crippen LogP contribution in [0.1, 0.15) is 24.2 Å². The van der Waals surface area contributed by atoms with E-state index in [0.29, 0.717) is 17.6 Å². The fraction of sp³-hybridized carbons (Fsp3) is 0.538. The fourth-order valence-electron chi connectivity index (χ4n) is 2.38. The van der Waals surface area contributed by atoms with Crippen LogP contribution in [0.25, 0.3) is 11.7 Å². The molecule has 3 rings (SSSR count). The molecule has 1 atom stereocenters. The topological polar surface area (TPSA) is 64.1 Å². The van der Waals surface area contributed by atoms with Crippen molar-refractivity contribution in [2.75, 3.05) is 13.1 Å². The average molecular weight is 247 g/mol. The van der Waals surface area contributed by atoms with Gasteiger partial charge in [-0.15, -0.1) is 0 Å². The molecule has 0 saturated carbocycles. The third-order valence-electron chi connectivity index (χ3n) is 3.39. The Morgan fingerprint density at radius 1 is 1.50 bits per heavy atom. The molecule has 5 heteroatoms. The van der Waals surface area contributed by atoms with Gasteiger partial charge in [0.05, 0.1) is 6.26 Å². The lowest BCUT2D eigenvalue weighted by atomic mass is 9.96. The van der Waals surface area contributed by atoms with E-state index in [4.69, 9.17) is 8.94 Å². The summed E-state index contributed by atoms with van der Waals surface area (Å²) in [5, 5.41) is 7.43. The summed E-state index contributed by atoms with van der Waals surface area (Å²) < 4.78 is 10.6. The lowest BCUT2D eigenvalue weighted by molar-refractivity contribution is 0.358. The monoisotopic (exact) mass is 247 g/mol. The van der Waals surface area contributed by atoms with Crippen molar-refractivity contribution in [3.8, 4) is 11.7 Å². The van der Waals surface area contributed by atoms with Gasteiger partial charge in [-0.1, -0.05) is 5.16 Å². The third kappa shape index (κ3) is 2.31. The van der Waals surface area contributed by atoms with Crippen LogP contribution in [0.15, 0.2) is 21.3 Å². The highest BCUT2D eigenvalue weighted by molar-refractivity contribution is 5.49. The van der Waals surface area contributed by atoms with Crippen LogP contribution < -0.4 is 5.32 Å². The summed E-state index contributed by atoms with van der Waals surface area (Å²) in [5.41, 5.74) is 1.02. The smallest absolute Gasteiger partial charge is 0.293 e. The Morgan fingerprint density at radius 2 is 2.44 bits per heavy atom. The number of nitrogens with zero attached hydrogens (tertiary/aromatic N) is 2. The minimum absolute atomic E-state index is 0.483. The van der Waals surface area contributed by atoms with Gasteiger partial charge in [-0.25, -0.2) is 0 Å². The third-order valence-corrected chi connectivity index (χ3v) is 3.39. The number of aromatic nitrogens is 2. The summed E-state index contributed by atoms with van der Waals surface area (Å²) in [7, 11) is 0. The van der Waals surface area contributed by atoms with Gasteiger partial charge in [0.1, 0.15) is 0 Å². The molecule has 2 aromatic heterocycles. The van der Waals surface area contributed by atoms with Gasteiger partial charge in [0, 0.05) is 12.0 Å². The highest BCUT2D eigenvalue weighted by Gasteiger charge is 2.19. The molecule has 1 aliphatic heterocycles. The van der Waals surface area contributed by atoms with Gasteiger partial charge in [0.2, 0.25) is 0 Å². The quantitative estimate of drug-likeness (QED) is 0.900. The number of hydrogen-bond donors (Lipinski definition) is 1. The van der Waals surface area contributed by atoms with E-state index in [1.54, 1.807) is 6.26 Å². The molecule has 1 saturated heterocycles. The van der Waals surface area contributed by atoms with Crippen molar-refractivity contribution in [3.05, 3.63) is 23.7 Å². The number of rotatable bonds is 3. The molecule has 1 aliphatic rings. The molecule has 0 spiro atoms. The average Bonchev–Trinajstić information content (AvgIpc) is 2.99. The van der Waals surface area contributed by atoms with Crippen molar-refractivity contribution >= 4 is 0 Å². The summed E-state index contributed by atoms with van der Waals surface area (Å²) in [6, 6.07) is 1.89. The van der Waals surface area contributed by atoms with Crippen LogP contribution in [0.3, 0.4) is 0 Å². The zero-order valence-corrected chi connectivity index (χ0v) is 10.5. The van der Waals surface area contributed by atoms with Crippen molar-refractivity contribution in [3.63, 3.8) is 0 Å². The van der Waals surface area contributed by atoms with E-state index in [2.05, 4.69) is 15.5 Å². The van der Waals surface area contributed by atoms with E-state index in [-0.39, 0.29) is 0 Å². The van der Waals surface area contributed by atoms with E-state index in [1.165, 1.54) is 12.8 Å². The molecule has 1 unspecified atom stereocenters. The van der Waals surface area contributed by atoms with Crippen molar-refractivity contribution < 1.29 is 8.94 Å². The summed E-state index contributed by atoms with van der Waals surface area (Å²) >= 11 is 0. The van der Waals surface area contributed by atoms with E-state index < -0.39 is 0 Å². The standard InChI is InChI=1S/C13H17N3O2/c1-9-4-6-17-12(9)13-15-11(16-18-13)7-10-3-2-5-14-8-10/h4,6,10,14H,2-3,5,7-8H2,1H3. The van der Waals surface area contributed by atoms with Crippen LogP contribution >= 0.6 is 0 Å². The van der Waals surface area contributed by atoms with Gasteiger partial charge < -0.3 is 14.3 Å². The first-order chi connectivity index (χ1) is 8.83. The first-order valence-electron chi connectivity index (χ1n) is 6.40. The van der Waals surface area contributed by atoms with Gasteiger partial charge in [-0.05, 0) is 44.8 Å². The Hall–Kier alpha value is -1.62. The van der Waals surface area contributed by atoms with E-state index in [9.17, 15) is 0 Å². The number of piperidine rings is 1. The van der Waals surface area contributed by atoms with Crippen molar-refractivity contribution in [2.45, 2.75) is 26.2 Å². The Kier molecular flexibility index (Phi) is 3.15. The normalized spacial score (nSPS) is 20.2. The minimum Gasteiger partial charge on any atom is -0.459 e. The Balaban J connectivity index is 1.71. The summed E-state index contributed by atoms with van der Waals surface area (Å²) in [4.78, 5) is 4.41. The Bertz CT molecular complexity index is 512. The van der Waals surface area contributed by atoms with Crippen molar-refractivity contribution in [1.29, 1.82) is 0 Å². The largest absolute Gasteiger partial charge is 0.459 e. The zero-order valence-electron chi connectivity index (χ0n) is 10.5. The van der Waals surface area contributed by atoms with Gasteiger partial charge in [-0.3, -0.25) is 0 Å². The summed E-state index contributed by atoms with van der Waals surface area (Å²) in [6.45, 7) is 4.14. The molecule has 1 fully saturated rings. The lowest BCUT2D eigenvalue weighted by Gasteiger charge is -2.20. The van der Waals surface area contributed by atoms with E-state index in [0.717, 1.165) is 30.9 Å².